The molecule has 0 bridgehead atoms. The smallest absolute Gasteiger partial charge is 0.338 e. The molecule has 0 aliphatic heterocycles. The summed E-state index contributed by atoms with van der Waals surface area (Å²) in [6.07, 6.45) is 17.4. The molecule has 1 aromatic heterocycles. The zero-order valence-electron chi connectivity index (χ0n) is 17.7. The normalized spacial score (nSPS) is 13.6. The Labute approximate surface area is 165 Å². The van der Waals surface area contributed by atoms with Crippen LogP contribution in [0.5, 0.6) is 0 Å². The fourth-order valence-electron chi connectivity index (χ4n) is 3.56. The van der Waals surface area contributed by atoms with Gasteiger partial charge in [0.1, 0.15) is 0 Å². The highest BCUT2D eigenvalue weighted by Gasteiger charge is 2.13. The molecule has 1 rings (SSSR count). The molecule has 27 heavy (non-hydrogen) atoms. The van der Waals surface area contributed by atoms with E-state index in [-0.39, 0.29) is 11.7 Å². The number of unbranched alkanes of at least 4 members (excludes halogenated alkanes) is 7. The van der Waals surface area contributed by atoms with Gasteiger partial charge in [-0.25, -0.2) is 4.79 Å². The molecule has 2 unspecified atom stereocenters. The number of ether oxygens (including phenoxy) is 2. The first-order valence-corrected chi connectivity index (χ1v) is 10.8. The summed E-state index contributed by atoms with van der Waals surface area (Å²) in [5.74, 6) is 0. The van der Waals surface area contributed by atoms with Gasteiger partial charge in [0.2, 0.25) is 0 Å². The zero-order chi connectivity index (χ0) is 19.7. The summed E-state index contributed by atoms with van der Waals surface area (Å²) in [5, 5.41) is 0. The molecule has 0 fully saturated rings. The van der Waals surface area contributed by atoms with Crippen LogP contribution in [-0.2, 0) is 15.9 Å². The minimum Gasteiger partial charge on any atom is -0.431 e. The Morgan fingerprint density at radius 1 is 0.852 bits per heavy atom. The summed E-state index contributed by atoms with van der Waals surface area (Å²) in [4.78, 5) is 11.7. The standard InChI is InChI=1S/C23H40O4/c1-4-5-6-7-8-9-10-11-15-21(25-2)16-12-17-22(26-3)19-20-14-13-18-27-23(20)24/h13-14,18,21-22H,4-12,15-17,19H2,1-3H3. The van der Waals surface area contributed by atoms with E-state index in [9.17, 15) is 4.79 Å². The SMILES string of the molecule is CCCCCCCCCCC(CCCC(Cc1cccoc1=O)OC)OC. The van der Waals surface area contributed by atoms with Crippen LogP contribution < -0.4 is 5.63 Å². The fraction of sp³-hybridized carbons (Fsp3) is 0.783. The van der Waals surface area contributed by atoms with Crippen molar-refractivity contribution in [3.05, 3.63) is 34.4 Å². The Bertz CT molecular complexity index is 511. The molecule has 156 valence electrons. The molecule has 0 aliphatic carbocycles. The highest BCUT2D eigenvalue weighted by Crippen LogP contribution is 2.17. The average Bonchev–Trinajstić information content (AvgIpc) is 2.69. The molecule has 0 aromatic carbocycles. The first-order chi connectivity index (χ1) is 13.2. The molecule has 0 amide bonds. The highest BCUT2D eigenvalue weighted by molar-refractivity contribution is 5.08. The average molecular weight is 381 g/mol. The summed E-state index contributed by atoms with van der Waals surface area (Å²) in [6, 6.07) is 3.58. The van der Waals surface area contributed by atoms with E-state index in [0.717, 1.165) is 25.7 Å². The summed E-state index contributed by atoms with van der Waals surface area (Å²) in [7, 11) is 3.53. The number of methoxy groups -OCH3 is 2. The van der Waals surface area contributed by atoms with Crippen molar-refractivity contribution in [3.8, 4) is 0 Å². The van der Waals surface area contributed by atoms with Crippen LogP contribution in [0.2, 0.25) is 0 Å². The lowest BCUT2D eigenvalue weighted by Gasteiger charge is -2.18. The zero-order valence-corrected chi connectivity index (χ0v) is 17.7. The van der Waals surface area contributed by atoms with E-state index >= 15 is 0 Å². The van der Waals surface area contributed by atoms with E-state index in [1.165, 1.54) is 57.6 Å². The van der Waals surface area contributed by atoms with Gasteiger partial charge in [-0.2, -0.15) is 0 Å². The molecule has 0 saturated carbocycles. The van der Waals surface area contributed by atoms with Crippen LogP contribution in [-0.4, -0.2) is 26.4 Å². The molecular weight excluding hydrogens is 340 g/mol. The summed E-state index contributed by atoms with van der Waals surface area (Å²) >= 11 is 0. The van der Waals surface area contributed by atoms with E-state index in [4.69, 9.17) is 13.9 Å². The molecule has 1 heterocycles. The third-order valence-electron chi connectivity index (χ3n) is 5.36. The Kier molecular flexibility index (Phi) is 14.1. The third-order valence-corrected chi connectivity index (χ3v) is 5.36. The van der Waals surface area contributed by atoms with Crippen molar-refractivity contribution in [1.82, 2.24) is 0 Å². The molecule has 2 atom stereocenters. The molecule has 4 nitrogen and oxygen atoms in total. The fourth-order valence-corrected chi connectivity index (χ4v) is 3.56. The Morgan fingerprint density at radius 2 is 1.44 bits per heavy atom. The molecule has 1 aromatic rings. The topological polar surface area (TPSA) is 48.7 Å². The van der Waals surface area contributed by atoms with E-state index in [0.29, 0.717) is 18.1 Å². The lowest BCUT2D eigenvalue weighted by atomic mass is 10.00. The van der Waals surface area contributed by atoms with Crippen LogP contribution in [0.25, 0.3) is 0 Å². The van der Waals surface area contributed by atoms with Crippen molar-refractivity contribution in [2.24, 2.45) is 0 Å². The van der Waals surface area contributed by atoms with Gasteiger partial charge in [0.05, 0.1) is 18.5 Å². The van der Waals surface area contributed by atoms with Gasteiger partial charge in [0.25, 0.3) is 0 Å². The second-order valence-corrected chi connectivity index (χ2v) is 7.54. The van der Waals surface area contributed by atoms with Crippen molar-refractivity contribution in [2.75, 3.05) is 14.2 Å². The number of hydrogen-bond donors (Lipinski definition) is 0. The summed E-state index contributed by atoms with van der Waals surface area (Å²) in [5.41, 5.74) is 0.426. The van der Waals surface area contributed by atoms with Crippen LogP contribution in [0.1, 0.15) is 89.5 Å². The molecule has 0 radical (unpaired) electrons. The largest absolute Gasteiger partial charge is 0.431 e. The Morgan fingerprint density at radius 3 is 2.07 bits per heavy atom. The van der Waals surface area contributed by atoms with Gasteiger partial charge in [0, 0.05) is 26.2 Å². The molecule has 4 heteroatoms. The number of rotatable bonds is 17. The van der Waals surface area contributed by atoms with Gasteiger partial charge in [-0.15, -0.1) is 0 Å². The van der Waals surface area contributed by atoms with Crippen LogP contribution >= 0.6 is 0 Å². The molecular formula is C23H40O4. The maximum absolute atomic E-state index is 11.7. The molecule has 0 spiro atoms. The maximum Gasteiger partial charge on any atom is 0.338 e. The van der Waals surface area contributed by atoms with E-state index in [2.05, 4.69) is 6.92 Å². The highest BCUT2D eigenvalue weighted by atomic mass is 16.5. The van der Waals surface area contributed by atoms with Gasteiger partial charge in [-0.05, 0) is 37.8 Å². The van der Waals surface area contributed by atoms with Gasteiger partial charge in [-0.1, -0.05) is 58.3 Å². The second kappa shape index (κ2) is 15.9. The van der Waals surface area contributed by atoms with Crippen molar-refractivity contribution in [1.29, 1.82) is 0 Å². The van der Waals surface area contributed by atoms with Crippen LogP contribution in [0.15, 0.2) is 27.6 Å². The monoisotopic (exact) mass is 380 g/mol. The minimum absolute atomic E-state index is 0.0518. The summed E-state index contributed by atoms with van der Waals surface area (Å²) in [6.45, 7) is 2.26. The lowest BCUT2D eigenvalue weighted by Crippen LogP contribution is -2.20. The predicted molar refractivity (Wildman–Crippen MR) is 111 cm³/mol. The second-order valence-electron chi connectivity index (χ2n) is 7.54. The maximum atomic E-state index is 11.7. The Balaban J connectivity index is 2.15. The lowest BCUT2D eigenvalue weighted by molar-refractivity contribution is 0.0662. The van der Waals surface area contributed by atoms with Crippen LogP contribution in [0, 0.1) is 0 Å². The van der Waals surface area contributed by atoms with Gasteiger partial charge < -0.3 is 13.9 Å². The van der Waals surface area contributed by atoms with Crippen molar-refractivity contribution in [2.45, 2.75) is 103 Å². The molecule has 0 N–H and O–H groups in total. The van der Waals surface area contributed by atoms with Crippen LogP contribution in [0.4, 0.5) is 0 Å². The summed E-state index contributed by atoms with van der Waals surface area (Å²) < 4.78 is 16.1. The van der Waals surface area contributed by atoms with E-state index < -0.39 is 0 Å². The van der Waals surface area contributed by atoms with E-state index in [1.807, 2.05) is 13.2 Å². The first kappa shape index (κ1) is 23.9. The quantitative estimate of drug-likeness (QED) is 0.315. The van der Waals surface area contributed by atoms with Gasteiger partial charge >= 0.3 is 5.63 Å². The van der Waals surface area contributed by atoms with Crippen LogP contribution in [0.3, 0.4) is 0 Å². The predicted octanol–water partition coefficient (Wildman–Crippen LogP) is 5.91. The first-order valence-electron chi connectivity index (χ1n) is 10.8. The molecule has 0 saturated heterocycles. The van der Waals surface area contributed by atoms with E-state index in [1.54, 1.807) is 13.2 Å². The number of hydrogen-bond acceptors (Lipinski definition) is 4. The van der Waals surface area contributed by atoms with Gasteiger partial charge in [0.15, 0.2) is 0 Å². The van der Waals surface area contributed by atoms with Gasteiger partial charge in [-0.3, -0.25) is 0 Å². The third kappa shape index (κ3) is 11.3. The molecule has 0 aliphatic rings. The van der Waals surface area contributed by atoms with Crippen molar-refractivity contribution < 1.29 is 13.9 Å². The Hall–Kier alpha value is -1.13. The minimum atomic E-state index is -0.260. The van der Waals surface area contributed by atoms with Crippen molar-refractivity contribution in [3.63, 3.8) is 0 Å². The van der Waals surface area contributed by atoms with Crippen molar-refractivity contribution >= 4 is 0 Å².